The highest BCUT2D eigenvalue weighted by Gasteiger charge is 2.25. The summed E-state index contributed by atoms with van der Waals surface area (Å²) >= 11 is 1.55. The van der Waals surface area contributed by atoms with E-state index >= 15 is 0 Å². The zero-order chi connectivity index (χ0) is 18.8. The number of carbonyl (C=O) groups excluding carboxylic acids is 1. The molecule has 0 unspecified atom stereocenters. The number of rotatable bonds is 6. The number of anilines is 1. The second kappa shape index (κ2) is 8.82. The van der Waals surface area contributed by atoms with Crippen molar-refractivity contribution >= 4 is 45.0 Å². The summed E-state index contributed by atoms with van der Waals surface area (Å²) in [6.45, 7) is 7.32. The fourth-order valence-corrected chi connectivity index (χ4v) is 3.76. The number of hydrogen-bond donors (Lipinski definition) is 0. The van der Waals surface area contributed by atoms with E-state index in [0.29, 0.717) is 12.2 Å². The third-order valence-corrected chi connectivity index (χ3v) is 5.16. The van der Waals surface area contributed by atoms with E-state index in [1.807, 2.05) is 65.2 Å². The quantitative estimate of drug-likeness (QED) is 0.619. The van der Waals surface area contributed by atoms with Gasteiger partial charge in [-0.05, 0) is 53.1 Å². The second-order valence-electron chi connectivity index (χ2n) is 6.93. The van der Waals surface area contributed by atoms with Gasteiger partial charge in [0.25, 0.3) is 5.91 Å². The van der Waals surface area contributed by atoms with Crippen LogP contribution >= 0.6 is 23.7 Å². The van der Waals surface area contributed by atoms with Crippen molar-refractivity contribution in [2.24, 2.45) is 0 Å². The Labute approximate surface area is 170 Å². The van der Waals surface area contributed by atoms with Gasteiger partial charge in [0.2, 0.25) is 0 Å². The van der Waals surface area contributed by atoms with Crippen molar-refractivity contribution in [3.8, 4) is 0 Å². The molecule has 0 saturated carbocycles. The Kier molecular flexibility index (Phi) is 6.97. The monoisotopic (exact) mass is 407 g/mol. The summed E-state index contributed by atoms with van der Waals surface area (Å²) in [6, 6.07) is 9.95. The highest BCUT2D eigenvalue weighted by atomic mass is 35.5. The van der Waals surface area contributed by atoms with E-state index in [1.54, 1.807) is 20.9 Å². The summed E-state index contributed by atoms with van der Waals surface area (Å²) in [5, 5.41) is 5.22. The molecule has 2 heterocycles. The lowest BCUT2D eigenvalue weighted by Crippen LogP contribution is -2.38. The molecule has 0 aliphatic carbocycles. The number of aryl methyl sites for hydroxylation is 1. The minimum absolute atomic E-state index is 0. The van der Waals surface area contributed by atoms with Crippen molar-refractivity contribution in [1.82, 2.24) is 19.7 Å². The fraction of sp³-hybridized carbons (Fsp3) is 0.421. The lowest BCUT2D eigenvalue weighted by Gasteiger charge is -2.22. The maximum Gasteiger partial charge on any atom is 0.278 e. The van der Waals surface area contributed by atoms with Crippen LogP contribution in [-0.4, -0.2) is 52.8 Å². The maximum absolute atomic E-state index is 13.4. The first-order valence-electron chi connectivity index (χ1n) is 8.75. The van der Waals surface area contributed by atoms with E-state index in [-0.39, 0.29) is 24.4 Å². The van der Waals surface area contributed by atoms with E-state index < -0.39 is 0 Å². The minimum Gasteiger partial charge on any atom is -0.308 e. The molecular formula is C19H26ClN5OS. The predicted molar refractivity (Wildman–Crippen MR) is 114 cm³/mol. The molecule has 0 fully saturated rings. The van der Waals surface area contributed by atoms with Gasteiger partial charge in [0.15, 0.2) is 5.13 Å². The predicted octanol–water partition coefficient (Wildman–Crippen LogP) is 4.01. The topological polar surface area (TPSA) is 54.3 Å². The number of benzene rings is 1. The van der Waals surface area contributed by atoms with Gasteiger partial charge in [-0.2, -0.15) is 5.10 Å². The van der Waals surface area contributed by atoms with E-state index in [2.05, 4.69) is 10.00 Å². The van der Waals surface area contributed by atoms with Crippen LogP contribution in [0.1, 0.15) is 36.1 Å². The number of hydrogen-bond acceptors (Lipinski definition) is 5. The molecule has 0 saturated heterocycles. The van der Waals surface area contributed by atoms with Gasteiger partial charge in [-0.1, -0.05) is 23.5 Å². The lowest BCUT2D eigenvalue weighted by molar-refractivity contribution is 0.0973. The number of likely N-dealkylation sites (N-methyl/N-ethyl adjacent to an activating group) is 1. The zero-order valence-electron chi connectivity index (χ0n) is 16.3. The van der Waals surface area contributed by atoms with Gasteiger partial charge in [0, 0.05) is 19.1 Å². The summed E-state index contributed by atoms with van der Waals surface area (Å²) in [6.07, 6.45) is 0. The van der Waals surface area contributed by atoms with Crippen LogP contribution in [0.4, 0.5) is 5.13 Å². The van der Waals surface area contributed by atoms with Crippen LogP contribution in [0.3, 0.4) is 0 Å². The number of amides is 1. The van der Waals surface area contributed by atoms with Crippen LogP contribution in [0, 0.1) is 6.92 Å². The molecule has 3 aromatic rings. The molecule has 8 heteroatoms. The second-order valence-corrected chi connectivity index (χ2v) is 7.94. The van der Waals surface area contributed by atoms with Crippen LogP contribution < -0.4 is 4.90 Å². The van der Waals surface area contributed by atoms with Gasteiger partial charge in [0.05, 0.1) is 15.9 Å². The molecule has 6 nitrogen and oxygen atoms in total. The zero-order valence-corrected chi connectivity index (χ0v) is 18.0. The van der Waals surface area contributed by atoms with Gasteiger partial charge in [0.1, 0.15) is 5.69 Å². The highest BCUT2D eigenvalue weighted by Crippen LogP contribution is 2.29. The van der Waals surface area contributed by atoms with Crippen LogP contribution in [0.15, 0.2) is 30.3 Å². The Morgan fingerprint density at radius 1 is 1.22 bits per heavy atom. The van der Waals surface area contributed by atoms with E-state index in [4.69, 9.17) is 4.98 Å². The third kappa shape index (κ3) is 4.66. The van der Waals surface area contributed by atoms with Gasteiger partial charge < -0.3 is 4.90 Å². The first-order valence-corrected chi connectivity index (χ1v) is 9.56. The molecule has 0 radical (unpaired) electrons. The molecule has 3 rings (SSSR count). The molecule has 0 atom stereocenters. The van der Waals surface area contributed by atoms with Crippen LogP contribution in [0.2, 0.25) is 0 Å². The Morgan fingerprint density at radius 3 is 2.56 bits per heavy atom. The molecule has 146 valence electrons. The standard InChI is InChI=1S/C19H25N5OS.ClH/c1-13(2)24-16(12-14(3)21-24)18(25)23(11-10-22(4)5)19-20-15-8-6-7-9-17(15)26-19;/h6-9,12-13H,10-11H2,1-5H3;1H. The van der Waals surface area contributed by atoms with Gasteiger partial charge >= 0.3 is 0 Å². The van der Waals surface area contributed by atoms with Crippen molar-refractivity contribution < 1.29 is 4.79 Å². The minimum atomic E-state index is -0.0554. The van der Waals surface area contributed by atoms with Crippen molar-refractivity contribution in [2.75, 3.05) is 32.1 Å². The molecule has 0 aliphatic rings. The summed E-state index contributed by atoms with van der Waals surface area (Å²) in [7, 11) is 4.01. The molecule has 0 aliphatic heterocycles. The Hall–Kier alpha value is -1.96. The highest BCUT2D eigenvalue weighted by molar-refractivity contribution is 7.22. The van der Waals surface area contributed by atoms with Crippen LogP contribution in [0.25, 0.3) is 10.2 Å². The average molecular weight is 408 g/mol. The molecule has 27 heavy (non-hydrogen) atoms. The summed E-state index contributed by atoms with van der Waals surface area (Å²) < 4.78 is 2.88. The number of para-hydroxylation sites is 1. The molecule has 0 N–H and O–H groups in total. The average Bonchev–Trinajstić information content (AvgIpc) is 3.17. The number of thiazole rings is 1. The van der Waals surface area contributed by atoms with Gasteiger partial charge in [-0.15, -0.1) is 12.4 Å². The molecule has 1 aromatic carbocycles. The summed E-state index contributed by atoms with van der Waals surface area (Å²) in [4.78, 5) is 21.9. The fourth-order valence-electron chi connectivity index (χ4n) is 2.77. The van der Waals surface area contributed by atoms with Crippen LogP contribution in [0.5, 0.6) is 0 Å². The number of nitrogens with zero attached hydrogens (tertiary/aromatic N) is 5. The number of halogens is 1. The maximum atomic E-state index is 13.4. The van der Waals surface area contributed by atoms with Crippen molar-refractivity contribution in [1.29, 1.82) is 0 Å². The first-order chi connectivity index (χ1) is 12.4. The van der Waals surface area contributed by atoms with Crippen LogP contribution in [-0.2, 0) is 0 Å². The molecule has 2 aromatic heterocycles. The van der Waals surface area contributed by atoms with Crippen molar-refractivity contribution in [3.63, 3.8) is 0 Å². The Bertz CT molecular complexity index is 885. The summed E-state index contributed by atoms with van der Waals surface area (Å²) in [5.41, 5.74) is 2.37. The smallest absolute Gasteiger partial charge is 0.278 e. The van der Waals surface area contributed by atoms with Crippen molar-refractivity contribution in [3.05, 3.63) is 41.7 Å². The van der Waals surface area contributed by atoms with E-state index in [1.165, 1.54) is 0 Å². The molecular weight excluding hydrogens is 382 g/mol. The largest absolute Gasteiger partial charge is 0.308 e. The third-order valence-electron chi connectivity index (χ3n) is 4.10. The van der Waals surface area contributed by atoms with Gasteiger partial charge in [-0.3, -0.25) is 14.4 Å². The molecule has 0 spiro atoms. The van der Waals surface area contributed by atoms with E-state index in [0.717, 1.165) is 27.6 Å². The number of fused-ring (bicyclic) bond motifs is 1. The Balaban J connectivity index is 0.00000261. The molecule has 0 bridgehead atoms. The summed E-state index contributed by atoms with van der Waals surface area (Å²) in [5.74, 6) is -0.0554. The Morgan fingerprint density at radius 2 is 1.93 bits per heavy atom. The number of aromatic nitrogens is 3. The SMILES string of the molecule is Cc1cc(C(=O)N(CCN(C)C)c2nc3ccccc3s2)n(C(C)C)n1.Cl. The first kappa shape index (κ1) is 21.3. The van der Waals surface area contributed by atoms with E-state index in [9.17, 15) is 4.79 Å². The number of carbonyl (C=O) groups is 1. The molecule has 1 amide bonds. The van der Waals surface area contributed by atoms with Gasteiger partial charge in [-0.25, -0.2) is 4.98 Å². The lowest BCUT2D eigenvalue weighted by atomic mass is 10.3. The normalized spacial score (nSPS) is 11.2. The van der Waals surface area contributed by atoms with Crippen molar-refractivity contribution in [2.45, 2.75) is 26.8 Å².